The van der Waals surface area contributed by atoms with Crippen molar-refractivity contribution in [1.82, 2.24) is 9.80 Å². The number of amides is 1. The van der Waals surface area contributed by atoms with Crippen LogP contribution in [0, 0.1) is 27.9 Å². The lowest BCUT2D eigenvalue weighted by Gasteiger charge is -2.59. The van der Waals surface area contributed by atoms with Gasteiger partial charge in [-0.1, -0.05) is 103 Å². The van der Waals surface area contributed by atoms with Gasteiger partial charge in [-0.25, -0.2) is 4.79 Å². The van der Waals surface area contributed by atoms with Crippen molar-refractivity contribution in [2.45, 2.75) is 75.8 Å². The second-order valence-electron chi connectivity index (χ2n) is 18.6. The zero-order chi connectivity index (χ0) is 48.5. The summed E-state index contributed by atoms with van der Waals surface area (Å²) in [5.41, 5.74) is 4.15. The summed E-state index contributed by atoms with van der Waals surface area (Å²) in [6.45, 7) is 8.08. The Morgan fingerprint density at radius 1 is 0.914 bits per heavy atom. The average Bonchev–Trinajstić information content (AvgIpc) is 4.21. The van der Waals surface area contributed by atoms with Crippen LogP contribution in [0.3, 0.4) is 0 Å². The number of hydrogen-bond acceptors (Lipinski definition) is 12. The second kappa shape index (κ2) is 22.4. The Kier molecular flexibility index (Phi) is 15.5. The van der Waals surface area contributed by atoms with Crippen molar-refractivity contribution in [3.63, 3.8) is 0 Å². The van der Waals surface area contributed by atoms with Crippen LogP contribution in [0.1, 0.15) is 67.6 Å². The van der Waals surface area contributed by atoms with Gasteiger partial charge in [0.15, 0.2) is 0 Å². The highest BCUT2D eigenvalue weighted by atomic mass is 16.7. The Morgan fingerprint density at radius 3 is 2.41 bits per heavy atom. The van der Waals surface area contributed by atoms with E-state index < -0.39 is 28.8 Å². The average molecular weight is 951 g/mol. The van der Waals surface area contributed by atoms with Crippen molar-refractivity contribution in [3.8, 4) is 17.2 Å². The number of non-ortho nitro benzene ring substituents is 1. The molecule has 2 aliphatic heterocycles. The smallest absolute Gasteiger partial charge is 0.416 e. The molecule has 2 fully saturated rings. The van der Waals surface area contributed by atoms with Gasteiger partial charge in [-0.05, 0) is 95.3 Å². The van der Waals surface area contributed by atoms with Gasteiger partial charge in [-0.2, -0.15) is 0 Å². The van der Waals surface area contributed by atoms with E-state index in [4.69, 9.17) is 28.9 Å². The van der Waals surface area contributed by atoms with Crippen LogP contribution < -0.4 is 14.2 Å². The summed E-state index contributed by atoms with van der Waals surface area (Å²) in [5.74, 6) is -0.912. The van der Waals surface area contributed by atoms with Gasteiger partial charge < -0.3 is 34.0 Å². The Hall–Kier alpha value is -6.58. The number of benzene rings is 5. The molecule has 1 amide bonds. The molecule has 2 N–H and O–H groups in total. The van der Waals surface area contributed by atoms with Gasteiger partial charge in [0.1, 0.15) is 36.5 Å². The highest BCUT2D eigenvalue weighted by Crippen LogP contribution is 2.62. The van der Waals surface area contributed by atoms with E-state index in [2.05, 4.69) is 23.6 Å². The number of ether oxygens (including phenoxy) is 4. The van der Waals surface area contributed by atoms with Crippen molar-refractivity contribution in [3.05, 3.63) is 166 Å². The number of oxime groups is 1. The molecule has 5 aromatic rings. The van der Waals surface area contributed by atoms with Gasteiger partial charge in [0.2, 0.25) is 5.79 Å². The molecule has 1 saturated carbocycles. The van der Waals surface area contributed by atoms with Crippen molar-refractivity contribution >= 4 is 28.3 Å². The first-order valence-electron chi connectivity index (χ1n) is 24.6. The molecule has 1 saturated heterocycles. The Bertz CT molecular complexity index is 2670. The molecular formula is C56H62N4O10. The van der Waals surface area contributed by atoms with Crippen molar-refractivity contribution in [1.29, 1.82) is 0 Å². The molecule has 70 heavy (non-hydrogen) atoms. The molecule has 0 radical (unpaired) electrons. The standard InChI is InChI=1S/C56H62N4O10/c1-2-32-67-56-52(59(37-42-18-12-17-40-15-6-7-19-46(40)42)55(63)69-44-23-21-43(22-24-44)60(64)65)36-50(57-68-38-39-13-4-3-5-14-39)48-34-41(16-8-10-30-61)47(20-9-11-31-62)53(54(48)56)49-35-45(25-26-51(49)70-56)66-33-29-58-27-28-58/h2-7,12-15,17-19,21-26,34-35,41,47,52-54,61-62H,1,8-11,16,20,27-33,36-38H2/t41-,47+,52-,53+,54+,56+/m0/s1. The summed E-state index contributed by atoms with van der Waals surface area (Å²) in [5, 5.41) is 38.7. The van der Waals surface area contributed by atoms with Gasteiger partial charge in [0.25, 0.3) is 5.69 Å². The number of aliphatic hydroxyl groups excluding tert-OH is 2. The third-order valence-corrected chi connectivity index (χ3v) is 14.2. The molecule has 4 aliphatic rings. The predicted molar refractivity (Wildman–Crippen MR) is 267 cm³/mol. The summed E-state index contributed by atoms with van der Waals surface area (Å²) in [7, 11) is 0. The number of fused-ring (bicyclic) bond motifs is 3. The number of aliphatic hydroxyl groups is 2. The third kappa shape index (κ3) is 10.8. The zero-order valence-electron chi connectivity index (χ0n) is 39.5. The van der Waals surface area contributed by atoms with E-state index >= 15 is 4.79 Å². The third-order valence-electron chi connectivity index (χ3n) is 14.2. The van der Waals surface area contributed by atoms with Crippen molar-refractivity contribution in [2.75, 3.05) is 46.1 Å². The fourth-order valence-electron chi connectivity index (χ4n) is 10.8. The zero-order valence-corrected chi connectivity index (χ0v) is 39.5. The molecule has 5 aromatic carbocycles. The van der Waals surface area contributed by atoms with E-state index in [9.17, 15) is 20.3 Å². The van der Waals surface area contributed by atoms with Crippen LogP contribution >= 0.6 is 0 Å². The fourth-order valence-corrected chi connectivity index (χ4v) is 10.8. The van der Waals surface area contributed by atoms with Crippen LogP contribution in [-0.4, -0.2) is 94.6 Å². The summed E-state index contributed by atoms with van der Waals surface area (Å²) in [6.07, 6.45) is 7.84. The summed E-state index contributed by atoms with van der Waals surface area (Å²) in [6, 6.07) is 34.3. The number of unbranched alkanes of at least 4 members (excludes halogenated alkanes) is 2. The topological polar surface area (TPSA) is 165 Å². The van der Waals surface area contributed by atoms with Crippen molar-refractivity contribution < 1.29 is 43.7 Å². The number of hydrogen-bond donors (Lipinski definition) is 2. The number of nitro groups is 1. The van der Waals surface area contributed by atoms with Crippen LogP contribution in [0.5, 0.6) is 17.2 Å². The van der Waals surface area contributed by atoms with Crippen LogP contribution in [0.4, 0.5) is 10.5 Å². The van der Waals surface area contributed by atoms with Gasteiger partial charge in [-0.3, -0.25) is 19.9 Å². The highest BCUT2D eigenvalue weighted by Gasteiger charge is 2.66. The monoisotopic (exact) mass is 950 g/mol. The Balaban J connectivity index is 1.24. The predicted octanol–water partition coefficient (Wildman–Crippen LogP) is 9.98. The first-order valence-corrected chi connectivity index (χ1v) is 24.6. The molecule has 14 heteroatoms. The summed E-state index contributed by atoms with van der Waals surface area (Å²) < 4.78 is 27.4. The first-order chi connectivity index (χ1) is 34.3. The minimum absolute atomic E-state index is 0.00462. The second-order valence-corrected chi connectivity index (χ2v) is 18.6. The minimum Gasteiger partial charge on any atom is -0.492 e. The lowest BCUT2D eigenvalue weighted by atomic mass is 9.55. The van der Waals surface area contributed by atoms with Gasteiger partial charge >= 0.3 is 6.09 Å². The minimum atomic E-state index is -1.57. The fraction of sp³-hybridized carbons (Fsp3) is 0.393. The highest BCUT2D eigenvalue weighted by molar-refractivity contribution is 6.03. The SMILES string of the molecule is C=CCO[C@@]12Oc3ccc(OCCN4CC4)cc3[C@H]3[C@H](CCCCO)[C@@H](CCCCO)C=C(C(=NOCc4ccccc4)C[C@@H]1N(Cc1cccc4ccccc14)C(=O)Oc1ccc([N+](=O)[O-])cc1)[C@H]32. The summed E-state index contributed by atoms with van der Waals surface area (Å²) in [4.78, 5) is 36.8. The van der Waals surface area contributed by atoms with E-state index in [-0.39, 0.29) is 68.6 Å². The number of carbonyl (C=O) groups excluding carboxylic acids is 1. The van der Waals surface area contributed by atoms with Crippen LogP contribution in [0.2, 0.25) is 0 Å². The molecule has 0 aromatic heterocycles. The van der Waals surface area contributed by atoms with Crippen LogP contribution in [0.15, 0.2) is 145 Å². The maximum absolute atomic E-state index is 15.4. The maximum Gasteiger partial charge on any atom is 0.416 e. The van der Waals surface area contributed by atoms with E-state index in [1.54, 1.807) is 11.0 Å². The number of rotatable bonds is 23. The quantitative estimate of drug-likeness (QED) is 0.0210. The van der Waals surface area contributed by atoms with Gasteiger partial charge in [0.05, 0.1) is 29.7 Å². The molecule has 2 aliphatic carbocycles. The first kappa shape index (κ1) is 48.4. The number of nitrogens with zero attached hydrogens (tertiary/aromatic N) is 4. The molecule has 0 unspecified atom stereocenters. The Morgan fingerprint density at radius 2 is 1.66 bits per heavy atom. The molecule has 366 valence electrons. The summed E-state index contributed by atoms with van der Waals surface area (Å²) >= 11 is 0. The maximum atomic E-state index is 15.4. The molecule has 0 bridgehead atoms. The molecular weight excluding hydrogens is 889 g/mol. The van der Waals surface area contributed by atoms with E-state index in [0.29, 0.717) is 30.9 Å². The van der Waals surface area contributed by atoms with Crippen LogP contribution in [0.25, 0.3) is 10.8 Å². The number of allylic oxidation sites excluding steroid dienone is 1. The Labute approximate surface area is 408 Å². The lowest BCUT2D eigenvalue weighted by Crippen LogP contribution is -2.70. The van der Waals surface area contributed by atoms with E-state index in [1.165, 1.54) is 24.3 Å². The van der Waals surface area contributed by atoms with Gasteiger partial charge in [0, 0.05) is 62.9 Å². The molecule has 14 nitrogen and oxygen atoms in total. The molecule has 6 atom stereocenters. The van der Waals surface area contributed by atoms with Gasteiger partial charge in [-0.15, -0.1) is 6.58 Å². The lowest BCUT2D eigenvalue weighted by molar-refractivity contribution is -0.384. The van der Waals surface area contributed by atoms with Crippen LogP contribution in [-0.2, 0) is 22.7 Å². The van der Waals surface area contributed by atoms with Crippen molar-refractivity contribution in [2.24, 2.45) is 22.9 Å². The number of carbonyl (C=O) groups is 1. The molecule has 9 rings (SSSR count). The molecule has 2 heterocycles. The molecule has 0 spiro atoms. The largest absolute Gasteiger partial charge is 0.492 e. The van der Waals surface area contributed by atoms with E-state index in [0.717, 1.165) is 84.1 Å². The normalized spacial score (nSPS) is 22.8. The van der Waals surface area contributed by atoms with E-state index in [1.807, 2.05) is 84.9 Å². The number of nitro benzene ring substituents is 1.